The Morgan fingerprint density at radius 2 is 1.94 bits per heavy atom. The van der Waals surface area contributed by atoms with E-state index in [9.17, 15) is 8.42 Å². The summed E-state index contributed by atoms with van der Waals surface area (Å²) in [6.07, 6.45) is 7.44. The van der Waals surface area contributed by atoms with Gasteiger partial charge in [-0.15, -0.1) is 0 Å². The lowest BCUT2D eigenvalue weighted by molar-refractivity contribution is 0.281. The molecular weight excluding hydrogens is 248 g/mol. The third kappa shape index (κ3) is 3.45. The molecule has 5 heteroatoms. The fraction of sp³-hybridized carbons (Fsp3) is 1.00. The molecule has 3 unspecified atom stereocenters. The van der Waals surface area contributed by atoms with Gasteiger partial charge >= 0.3 is 0 Å². The molecule has 106 valence electrons. The molecule has 1 saturated heterocycles. The zero-order valence-electron chi connectivity index (χ0n) is 11.3. The lowest BCUT2D eigenvalue weighted by Crippen LogP contribution is -2.49. The van der Waals surface area contributed by atoms with Gasteiger partial charge in [-0.1, -0.05) is 26.2 Å². The predicted molar refractivity (Wildman–Crippen MR) is 74.0 cm³/mol. The molecule has 3 atom stereocenters. The minimum Gasteiger partial charge on any atom is -0.315 e. The summed E-state index contributed by atoms with van der Waals surface area (Å²) in [5, 5.41) is 2.95. The van der Waals surface area contributed by atoms with Gasteiger partial charge in [0.05, 0.1) is 5.25 Å². The van der Waals surface area contributed by atoms with Crippen molar-refractivity contribution in [2.24, 2.45) is 5.92 Å². The Labute approximate surface area is 111 Å². The van der Waals surface area contributed by atoms with Crippen LogP contribution >= 0.6 is 0 Å². The number of sulfonamides is 1. The van der Waals surface area contributed by atoms with Crippen LogP contribution in [0.3, 0.4) is 0 Å². The van der Waals surface area contributed by atoms with Gasteiger partial charge in [0, 0.05) is 12.6 Å². The molecule has 2 N–H and O–H groups in total. The molecule has 2 fully saturated rings. The van der Waals surface area contributed by atoms with E-state index in [0.29, 0.717) is 12.5 Å². The van der Waals surface area contributed by atoms with Gasteiger partial charge in [-0.2, -0.15) is 0 Å². The van der Waals surface area contributed by atoms with Gasteiger partial charge in [-0.3, -0.25) is 0 Å². The predicted octanol–water partition coefficient (Wildman–Crippen LogP) is 1.63. The molecule has 0 aromatic heterocycles. The number of nitrogens with one attached hydrogen (secondary N) is 2. The Bertz CT molecular complexity index is 350. The Morgan fingerprint density at radius 3 is 2.61 bits per heavy atom. The minimum absolute atomic E-state index is 0.177. The van der Waals surface area contributed by atoms with Crippen molar-refractivity contribution < 1.29 is 8.42 Å². The van der Waals surface area contributed by atoms with Crippen LogP contribution < -0.4 is 10.0 Å². The average molecular weight is 274 g/mol. The summed E-state index contributed by atoms with van der Waals surface area (Å²) in [4.78, 5) is 0. The normalized spacial score (nSPS) is 34.4. The Hall–Kier alpha value is -0.130. The van der Waals surface area contributed by atoms with Crippen molar-refractivity contribution in [2.75, 3.05) is 13.1 Å². The average Bonchev–Trinajstić information content (AvgIpc) is 2.40. The number of rotatable bonds is 4. The van der Waals surface area contributed by atoms with Crippen molar-refractivity contribution in [2.45, 2.75) is 63.2 Å². The topological polar surface area (TPSA) is 58.2 Å². The second-order valence-electron chi connectivity index (χ2n) is 5.69. The van der Waals surface area contributed by atoms with Gasteiger partial charge in [0.25, 0.3) is 0 Å². The van der Waals surface area contributed by atoms with Crippen LogP contribution in [0.15, 0.2) is 0 Å². The smallest absolute Gasteiger partial charge is 0.215 e. The first-order valence-electron chi connectivity index (χ1n) is 7.35. The summed E-state index contributed by atoms with van der Waals surface area (Å²) in [5.41, 5.74) is 0. The first-order valence-corrected chi connectivity index (χ1v) is 8.90. The summed E-state index contributed by atoms with van der Waals surface area (Å²) in [5.74, 6) is 0.532. The maximum Gasteiger partial charge on any atom is 0.215 e. The number of hydrogen-bond donors (Lipinski definition) is 2. The monoisotopic (exact) mass is 274 g/mol. The van der Waals surface area contributed by atoms with Crippen molar-refractivity contribution in [3.63, 3.8) is 0 Å². The van der Waals surface area contributed by atoms with Crippen molar-refractivity contribution in [3.8, 4) is 0 Å². The van der Waals surface area contributed by atoms with Gasteiger partial charge in [0.1, 0.15) is 0 Å². The maximum absolute atomic E-state index is 12.4. The third-order valence-electron chi connectivity index (χ3n) is 4.44. The fourth-order valence-electron chi connectivity index (χ4n) is 3.24. The van der Waals surface area contributed by atoms with E-state index in [1.165, 1.54) is 12.8 Å². The van der Waals surface area contributed by atoms with Crippen molar-refractivity contribution in [3.05, 3.63) is 0 Å². The van der Waals surface area contributed by atoms with Crippen molar-refractivity contribution in [1.29, 1.82) is 0 Å². The van der Waals surface area contributed by atoms with Crippen LogP contribution in [0, 0.1) is 5.92 Å². The summed E-state index contributed by atoms with van der Waals surface area (Å²) in [6, 6.07) is 0.177. The summed E-state index contributed by atoms with van der Waals surface area (Å²) in [6.45, 7) is 3.73. The second kappa shape index (κ2) is 6.35. The Balaban J connectivity index is 1.97. The molecule has 1 heterocycles. The van der Waals surface area contributed by atoms with E-state index >= 15 is 0 Å². The van der Waals surface area contributed by atoms with Gasteiger partial charge in [0.2, 0.25) is 10.0 Å². The van der Waals surface area contributed by atoms with Crippen LogP contribution in [0.2, 0.25) is 0 Å². The molecule has 0 bridgehead atoms. The molecular formula is C13H26N2O2S. The SMILES string of the molecule is CCC1CCCCC1NS(=O)(=O)C1CCCNC1. The summed E-state index contributed by atoms with van der Waals surface area (Å²) in [7, 11) is -3.14. The van der Waals surface area contributed by atoms with E-state index in [2.05, 4.69) is 17.0 Å². The molecule has 4 nitrogen and oxygen atoms in total. The van der Waals surface area contributed by atoms with Crippen LogP contribution in [0.1, 0.15) is 51.9 Å². The quantitative estimate of drug-likeness (QED) is 0.819. The van der Waals surface area contributed by atoms with Crippen LogP contribution in [0.4, 0.5) is 0 Å². The zero-order chi connectivity index (χ0) is 13.0. The lowest BCUT2D eigenvalue weighted by atomic mass is 9.83. The van der Waals surface area contributed by atoms with Crippen LogP contribution in [-0.4, -0.2) is 32.8 Å². The second-order valence-corrected chi connectivity index (χ2v) is 7.68. The van der Waals surface area contributed by atoms with E-state index < -0.39 is 10.0 Å². The molecule has 0 radical (unpaired) electrons. The summed E-state index contributed by atoms with van der Waals surface area (Å²) < 4.78 is 27.7. The van der Waals surface area contributed by atoms with E-state index in [1.54, 1.807) is 0 Å². The maximum atomic E-state index is 12.4. The highest BCUT2D eigenvalue weighted by Crippen LogP contribution is 2.28. The van der Waals surface area contributed by atoms with Gasteiger partial charge < -0.3 is 5.32 Å². The van der Waals surface area contributed by atoms with Gasteiger partial charge in [-0.05, 0) is 38.1 Å². The molecule has 0 aromatic carbocycles. The number of piperidine rings is 1. The molecule has 0 spiro atoms. The van der Waals surface area contributed by atoms with Crippen LogP contribution in [0.25, 0.3) is 0 Å². The summed E-state index contributed by atoms with van der Waals surface area (Å²) >= 11 is 0. The Kier molecular flexibility index (Phi) is 5.04. The highest BCUT2D eigenvalue weighted by atomic mass is 32.2. The third-order valence-corrected chi connectivity index (χ3v) is 6.35. The molecule has 1 aliphatic heterocycles. The zero-order valence-corrected chi connectivity index (χ0v) is 12.1. The first kappa shape index (κ1) is 14.3. The van der Waals surface area contributed by atoms with Gasteiger partial charge in [-0.25, -0.2) is 13.1 Å². The highest BCUT2D eigenvalue weighted by Gasteiger charge is 2.32. The molecule has 2 rings (SSSR count). The van der Waals surface area contributed by atoms with E-state index in [0.717, 1.165) is 38.6 Å². The highest BCUT2D eigenvalue weighted by molar-refractivity contribution is 7.90. The first-order chi connectivity index (χ1) is 8.63. The van der Waals surface area contributed by atoms with Crippen LogP contribution in [-0.2, 0) is 10.0 Å². The molecule has 1 aliphatic carbocycles. The fourth-order valence-corrected chi connectivity index (χ4v) is 4.98. The number of hydrogen-bond acceptors (Lipinski definition) is 3. The van der Waals surface area contributed by atoms with E-state index in [4.69, 9.17) is 0 Å². The van der Waals surface area contributed by atoms with Crippen LogP contribution in [0.5, 0.6) is 0 Å². The Morgan fingerprint density at radius 1 is 1.17 bits per heavy atom. The molecule has 2 aliphatic rings. The largest absolute Gasteiger partial charge is 0.315 e. The minimum atomic E-state index is -3.14. The molecule has 18 heavy (non-hydrogen) atoms. The van der Waals surface area contributed by atoms with E-state index in [1.807, 2.05) is 0 Å². The molecule has 1 saturated carbocycles. The lowest BCUT2D eigenvalue weighted by Gasteiger charge is -2.33. The molecule has 0 aromatic rings. The van der Waals surface area contributed by atoms with Crippen molar-refractivity contribution in [1.82, 2.24) is 10.0 Å². The van der Waals surface area contributed by atoms with Gasteiger partial charge in [0.15, 0.2) is 0 Å². The van der Waals surface area contributed by atoms with E-state index in [-0.39, 0.29) is 11.3 Å². The standard InChI is InChI=1S/C13H26N2O2S/c1-2-11-6-3-4-8-13(11)15-18(16,17)12-7-5-9-14-10-12/h11-15H,2-10H2,1H3. The van der Waals surface area contributed by atoms with Crippen molar-refractivity contribution >= 4 is 10.0 Å². The molecule has 0 amide bonds.